The van der Waals surface area contributed by atoms with E-state index in [-0.39, 0.29) is 0 Å². The fourth-order valence-corrected chi connectivity index (χ4v) is 1.94. The van der Waals surface area contributed by atoms with E-state index in [2.05, 4.69) is 52.1 Å². The fraction of sp³-hybridized carbons (Fsp3) is 0.333. The van der Waals surface area contributed by atoms with Gasteiger partial charge in [0.15, 0.2) is 0 Å². The van der Waals surface area contributed by atoms with E-state index in [1.54, 1.807) is 0 Å². The molecule has 0 radical (unpaired) electrons. The second-order valence-corrected chi connectivity index (χ2v) is 4.15. The first-order chi connectivity index (χ1) is 7.07. The molecule has 0 heteroatoms. The maximum Gasteiger partial charge on any atom is -0.0126 e. The molecule has 0 unspecified atom stereocenters. The highest BCUT2D eigenvalue weighted by atomic mass is 14.1. The Morgan fingerprint density at radius 1 is 1.13 bits per heavy atom. The molecule has 15 heavy (non-hydrogen) atoms. The molecular formula is C15H20. The van der Waals surface area contributed by atoms with Crippen LogP contribution >= 0.6 is 0 Å². The average molecular weight is 200 g/mol. The van der Waals surface area contributed by atoms with Crippen LogP contribution in [0.4, 0.5) is 0 Å². The fourth-order valence-electron chi connectivity index (χ4n) is 1.94. The van der Waals surface area contributed by atoms with Gasteiger partial charge in [0.05, 0.1) is 0 Å². The Balaban J connectivity index is 3.34. The van der Waals surface area contributed by atoms with Crippen molar-refractivity contribution in [1.82, 2.24) is 0 Å². The second kappa shape index (κ2) is 4.97. The molecule has 80 valence electrons. The van der Waals surface area contributed by atoms with Crippen molar-refractivity contribution in [2.24, 2.45) is 0 Å². The summed E-state index contributed by atoms with van der Waals surface area (Å²) in [7, 11) is 0. The molecule has 0 amide bonds. The van der Waals surface area contributed by atoms with Crippen molar-refractivity contribution in [2.75, 3.05) is 0 Å². The van der Waals surface area contributed by atoms with Crippen molar-refractivity contribution < 1.29 is 0 Å². The van der Waals surface area contributed by atoms with Crippen molar-refractivity contribution in [3.8, 4) is 0 Å². The van der Waals surface area contributed by atoms with E-state index in [9.17, 15) is 0 Å². The largest absolute Gasteiger partial charge is 0.0955 e. The Hall–Kier alpha value is -1.30. The molecule has 0 aliphatic heterocycles. The minimum Gasteiger partial charge on any atom is -0.0955 e. The van der Waals surface area contributed by atoms with Crippen molar-refractivity contribution in [3.63, 3.8) is 0 Å². The van der Waals surface area contributed by atoms with Crippen LogP contribution < -0.4 is 0 Å². The summed E-state index contributed by atoms with van der Waals surface area (Å²) in [6, 6.07) is 6.44. The minimum absolute atomic E-state index is 1.11. The van der Waals surface area contributed by atoms with Crippen LogP contribution in [0.2, 0.25) is 0 Å². The molecule has 0 aromatic heterocycles. The number of rotatable bonds is 4. The van der Waals surface area contributed by atoms with Gasteiger partial charge >= 0.3 is 0 Å². The Morgan fingerprint density at radius 2 is 1.80 bits per heavy atom. The van der Waals surface area contributed by atoms with Gasteiger partial charge in [-0.3, -0.25) is 0 Å². The van der Waals surface area contributed by atoms with Crippen molar-refractivity contribution in [3.05, 3.63) is 48.0 Å². The van der Waals surface area contributed by atoms with Crippen molar-refractivity contribution >= 4 is 11.1 Å². The van der Waals surface area contributed by atoms with Crippen LogP contribution in [0.15, 0.2) is 31.4 Å². The lowest BCUT2D eigenvalue weighted by atomic mass is 9.91. The molecule has 0 aliphatic carbocycles. The van der Waals surface area contributed by atoms with Gasteiger partial charge in [0.25, 0.3) is 0 Å². The molecule has 0 saturated heterocycles. The molecule has 0 nitrogen and oxygen atoms in total. The van der Waals surface area contributed by atoms with Gasteiger partial charge in [0.1, 0.15) is 0 Å². The van der Waals surface area contributed by atoms with Crippen molar-refractivity contribution in [1.29, 1.82) is 0 Å². The summed E-state index contributed by atoms with van der Waals surface area (Å²) in [6.07, 6.45) is 2.28. The van der Waals surface area contributed by atoms with Gasteiger partial charge in [-0.05, 0) is 37.0 Å². The standard InChI is InChI=1S/C15H20/c1-6-8-13-9-7-10-14(11(2)3)15(13)12(4)5/h7,9-10H,2,4,6,8H2,1,3,5H3. The van der Waals surface area contributed by atoms with Crippen LogP contribution in [0.1, 0.15) is 43.9 Å². The van der Waals surface area contributed by atoms with E-state index in [0.29, 0.717) is 0 Å². The molecule has 0 spiro atoms. The molecule has 0 bridgehead atoms. The summed E-state index contributed by atoms with van der Waals surface area (Å²) in [6.45, 7) is 14.4. The maximum atomic E-state index is 4.07. The first kappa shape index (κ1) is 11.8. The van der Waals surface area contributed by atoms with Crippen LogP contribution in [-0.2, 0) is 6.42 Å². The van der Waals surface area contributed by atoms with Crippen LogP contribution in [-0.4, -0.2) is 0 Å². The number of aryl methyl sites for hydroxylation is 1. The Morgan fingerprint density at radius 3 is 2.27 bits per heavy atom. The van der Waals surface area contributed by atoms with E-state index in [4.69, 9.17) is 0 Å². The van der Waals surface area contributed by atoms with E-state index in [1.165, 1.54) is 23.1 Å². The van der Waals surface area contributed by atoms with Crippen LogP contribution in [0, 0.1) is 0 Å². The van der Waals surface area contributed by atoms with Gasteiger partial charge in [-0.2, -0.15) is 0 Å². The third-order valence-corrected chi connectivity index (χ3v) is 2.56. The second-order valence-electron chi connectivity index (χ2n) is 4.15. The Bertz CT molecular complexity index is 383. The molecular weight excluding hydrogens is 180 g/mol. The molecule has 0 heterocycles. The topological polar surface area (TPSA) is 0 Å². The molecule has 0 fully saturated rings. The summed E-state index contributed by atoms with van der Waals surface area (Å²) in [4.78, 5) is 0. The van der Waals surface area contributed by atoms with Crippen LogP contribution in [0.5, 0.6) is 0 Å². The zero-order chi connectivity index (χ0) is 11.4. The normalized spacial score (nSPS) is 10.1. The zero-order valence-corrected chi connectivity index (χ0v) is 10.1. The monoisotopic (exact) mass is 200 g/mol. The highest BCUT2D eigenvalue weighted by molar-refractivity contribution is 5.78. The molecule has 1 rings (SSSR count). The summed E-state index contributed by atoms with van der Waals surface area (Å²) in [5.41, 5.74) is 6.19. The number of hydrogen-bond acceptors (Lipinski definition) is 0. The smallest absolute Gasteiger partial charge is 0.0126 e. The first-order valence-electron chi connectivity index (χ1n) is 5.51. The highest BCUT2D eigenvalue weighted by Gasteiger charge is 2.08. The summed E-state index contributed by atoms with van der Waals surface area (Å²) in [5, 5.41) is 0. The molecule has 0 atom stereocenters. The van der Waals surface area contributed by atoms with Gasteiger partial charge in [0, 0.05) is 0 Å². The first-order valence-corrected chi connectivity index (χ1v) is 5.51. The molecule has 1 aromatic rings. The van der Waals surface area contributed by atoms with E-state index in [0.717, 1.165) is 17.6 Å². The molecule has 0 aliphatic rings. The maximum absolute atomic E-state index is 4.07. The van der Waals surface area contributed by atoms with Gasteiger partial charge in [0.2, 0.25) is 0 Å². The summed E-state index contributed by atoms with van der Waals surface area (Å²) in [5.74, 6) is 0. The third-order valence-electron chi connectivity index (χ3n) is 2.56. The third kappa shape index (κ3) is 2.59. The zero-order valence-electron chi connectivity index (χ0n) is 10.1. The van der Waals surface area contributed by atoms with Crippen LogP contribution in [0.3, 0.4) is 0 Å². The number of benzene rings is 1. The Labute approximate surface area is 93.3 Å². The van der Waals surface area contributed by atoms with E-state index < -0.39 is 0 Å². The lowest BCUT2D eigenvalue weighted by Gasteiger charge is -2.14. The molecule has 1 aromatic carbocycles. The van der Waals surface area contributed by atoms with Gasteiger partial charge in [-0.25, -0.2) is 0 Å². The van der Waals surface area contributed by atoms with E-state index >= 15 is 0 Å². The van der Waals surface area contributed by atoms with Gasteiger partial charge in [-0.1, -0.05) is 55.8 Å². The van der Waals surface area contributed by atoms with E-state index in [1.807, 2.05) is 0 Å². The van der Waals surface area contributed by atoms with Gasteiger partial charge in [-0.15, -0.1) is 0 Å². The van der Waals surface area contributed by atoms with Crippen LogP contribution in [0.25, 0.3) is 11.1 Å². The number of hydrogen-bond donors (Lipinski definition) is 0. The predicted octanol–water partition coefficient (Wildman–Crippen LogP) is 4.71. The molecule has 0 saturated carbocycles. The van der Waals surface area contributed by atoms with Gasteiger partial charge < -0.3 is 0 Å². The molecule has 0 N–H and O–H groups in total. The van der Waals surface area contributed by atoms with Crippen molar-refractivity contribution in [2.45, 2.75) is 33.6 Å². The lowest BCUT2D eigenvalue weighted by molar-refractivity contribution is 0.917. The number of allylic oxidation sites excluding steroid dienone is 2. The summed E-state index contributed by atoms with van der Waals surface area (Å²) >= 11 is 0. The minimum atomic E-state index is 1.11. The lowest BCUT2D eigenvalue weighted by Crippen LogP contribution is -1.96. The quantitative estimate of drug-likeness (QED) is 0.660. The summed E-state index contributed by atoms with van der Waals surface area (Å²) < 4.78 is 0. The highest BCUT2D eigenvalue weighted by Crippen LogP contribution is 2.27. The Kier molecular flexibility index (Phi) is 3.90. The average Bonchev–Trinajstić information content (AvgIpc) is 2.17. The SMILES string of the molecule is C=C(C)c1cccc(CCC)c1C(=C)C. The predicted molar refractivity (Wildman–Crippen MR) is 69.9 cm³/mol.